The predicted octanol–water partition coefficient (Wildman–Crippen LogP) is 2.31. The summed E-state index contributed by atoms with van der Waals surface area (Å²) < 4.78 is 6.70. The topological polar surface area (TPSA) is 99.0 Å². The Morgan fingerprint density at radius 2 is 2.27 bits per heavy atom. The van der Waals surface area contributed by atoms with Crippen LogP contribution in [0.25, 0.3) is 10.6 Å². The number of anilines is 1. The SMILES string of the molecule is O=C(Cn1nc(-c2cccs2)ccc1=O)Nc1nnc(C2CCCO2)s1. The molecular weight excluding hydrogens is 374 g/mol. The van der Waals surface area contributed by atoms with Gasteiger partial charge in [-0.15, -0.1) is 21.5 Å². The fourth-order valence-electron chi connectivity index (χ4n) is 2.60. The van der Waals surface area contributed by atoms with Crippen LogP contribution in [0.3, 0.4) is 0 Å². The van der Waals surface area contributed by atoms with Crippen LogP contribution in [-0.4, -0.2) is 32.5 Å². The summed E-state index contributed by atoms with van der Waals surface area (Å²) in [5.74, 6) is -0.377. The monoisotopic (exact) mass is 389 g/mol. The molecule has 4 heterocycles. The molecule has 0 aromatic carbocycles. The minimum atomic E-state index is -0.377. The van der Waals surface area contributed by atoms with Gasteiger partial charge in [0.05, 0.1) is 4.88 Å². The van der Waals surface area contributed by atoms with Gasteiger partial charge in [0.2, 0.25) is 11.0 Å². The lowest BCUT2D eigenvalue weighted by atomic mass is 10.2. The zero-order chi connectivity index (χ0) is 17.9. The molecule has 3 aromatic heterocycles. The minimum Gasteiger partial charge on any atom is -0.371 e. The molecule has 8 nitrogen and oxygen atoms in total. The largest absolute Gasteiger partial charge is 0.371 e. The quantitative estimate of drug-likeness (QED) is 0.719. The van der Waals surface area contributed by atoms with Gasteiger partial charge in [0.25, 0.3) is 5.56 Å². The molecule has 1 aliphatic heterocycles. The second-order valence-electron chi connectivity index (χ2n) is 5.69. The summed E-state index contributed by atoms with van der Waals surface area (Å²) >= 11 is 2.81. The number of hydrogen-bond acceptors (Lipinski definition) is 8. The molecule has 1 fully saturated rings. The summed E-state index contributed by atoms with van der Waals surface area (Å²) in [5, 5.41) is 18.1. The Balaban J connectivity index is 1.45. The maximum Gasteiger partial charge on any atom is 0.267 e. The third-order valence-electron chi connectivity index (χ3n) is 3.83. The van der Waals surface area contributed by atoms with Crippen molar-refractivity contribution in [1.29, 1.82) is 0 Å². The van der Waals surface area contributed by atoms with Crippen LogP contribution in [0.15, 0.2) is 34.4 Å². The minimum absolute atomic E-state index is 0.0371. The van der Waals surface area contributed by atoms with Crippen molar-refractivity contribution < 1.29 is 9.53 Å². The van der Waals surface area contributed by atoms with Gasteiger partial charge in [-0.2, -0.15) is 5.10 Å². The number of nitrogens with zero attached hydrogens (tertiary/aromatic N) is 4. The summed E-state index contributed by atoms with van der Waals surface area (Å²) in [4.78, 5) is 25.2. The second kappa shape index (κ2) is 7.44. The van der Waals surface area contributed by atoms with Crippen LogP contribution in [0.1, 0.15) is 24.0 Å². The Bertz CT molecular complexity index is 960. The third-order valence-corrected chi connectivity index (χ3v) is 5.65. The van der Waals surface area contributed by atoms with Crippen LogP contribution in [0.4, 0.5) is 5.13 Å². The molecule has 1 atom stereocenters. The molecule has 0 bridgehead atoms. The van der Waals surface area contributed by atoms with Crippen molar-refractivity contribution >= 4 is 33.7 Å². The van der Waals surface area contributed by atoms with Gasteiger partial charge in [-0.3, -0.25) is 14.9 Å². The van der Waals surface area contributed by atoms with E-state index in [0.717, 1.165) is 34.0 Å². The van der Waals surface area contributed by atoms with E-state index in [1.807, 2.05) is 17.5 Å². The van der Waals surface area contributed by atoms with E-state index >= 15 is 0 Å². The number of amides is 1. The van der Waals surface area contributed by atoms with E-state index in [2.05, 4.69) is 20.6 Å². The highest BCUT2D eigenvalue weighted by molar-refractivity contribution is 7.15. The van der Waals surface area contributed by atoms with Gasteiger partial charge in [0, 0.05) is 12.7 Å². The lowest BCUT2D eigenvalue weighted by Gasteiger charge is -2.06. The van der Waals surface area contributed by atoms with Gasteiger partial charge in [-0.1, -0.05) is 17.4 Å². The van der Waals surface area contributed by atoms with Crippen LogP contribution in [0.5, 0.6) is 0 Å². The molecule has 1 amide bonds. The van der Waals surface area contributed by atoms with Crippen LogP contribution < -0.4 is 10.9 Å². The number of hydrogen-bond donors (Lipinski definition) is 1. The lowest BCUT2D eigenvalue weighted by Crippen LogP contribution is -2.29. The molecule has 1 N–H and O–H groups in total. The first-order valence-corrected chi connectivity index (χ1v) is 9.75. The van der Waals surface area contributed by atoms with Crippen LogP contribution >= 0.6 is 22.7 Å². The highest BCUT2D eigenvalue weighted by Gasteiger charge is 2.22. The molecule has 134 valence electrons. The summed E-state index contributed by atoms with van der Waals surface area (Å²) in [6, 6.07) is 6.89. The number of carbonyl (C=O) groups is 1. The standard InChI is InChI=1S/C16H15N5O3S2/c22-13(17-16-19-18-15(26-16)11-3-1-7-24-11)9-21-14(23)6-5-10(20-21)12-4-2-8-25-12/h2,4-6,8,11H,1,3,7,9H2,(H,17,19,22). The number of carbonyl (C=O) groups excluding carboxylic acids is 1. The molecule has 1 aliphatic rings. The molecule has 0 spiro atoms. The number of rotatable bonds is 5. The molecule has 1 saturated heterocycles. The van der Waals surface area contributed by atoms with Crippen LogP contribution in [0, 0.1) is 0 Å². The summed E-state index contributed by atoms with van der Waals surface area (Å²) in [5.41, 5.74) is 0.321. The Kier molecular flexibility index (Phi) is 4.87. The van der Waals surface area contributed by atoms with Crippen LogP contribution in [0.2, 0.25) is 0 Å². The molecule has 10 heteroatoms. The Morgan fingerprint density at radius 1 is 1.35 bits per heavy atom. The van der Waals surface area contributed by atoms with Crippen LogP contribution in [-0.2, 0) is 16.1 Å². The third kappa shape index (κ3) is 3.71. The summed E-state index contributed by atoms with van der Waals surface area (Å²) in [6.07, 6.45) is 1.88. The van der Waals surface area contributed by atoms with E-state index in [4.69, 9.17) is 4.74 Å². The van der Waals surface area contributed by atoms with Crippen molar-refractivity contribution in [1.82, 2.24) is 20.0 Å². The number of ether oxygens (including phenoxy) is 1. The van der Waals surface area contributed by atoms with Crippen molar-refractivity contribution in [2.24, 2.45) is 0 Å². The van der Waals surface area contributed by atoms with Gasteiger partial charge in [0.15, 0.2) is 0 Å². The van der Waals surface area contributed by atoms with E-state index in [0.29, 0.717) is 10.8 Å². The molecular formula is C16H15N5O3S2. The maximum absolute atomic E-state index is 12.3. The van der Waals surface area contributed by atoms with Gasteiger partial charge in [-0.25, -0.2) is 4.68 Å². The normalized spacial score (nSPS) is 16.7. The molecule has 3 aromatic rings. The number of aromatic nitrogens is 4. The Morgan fingerprint density at radius 3 is 3.04 bits per heavy atom. The highest BCUT2D eigenvalue weighted by atomic mass is 32.1. The van der Waals surface area contributed by atoms with Gasteiger partial charge < -0.3 is 4.74 Å². The van der Waals surface area contributed by atoms with Crippen molar-refractivity contribution in [2.45, 2.75) is 25.5 Å². The molecule has 26 heavy (non-hydrogen) atoms. The van der Waals surface area contributed by atoms with Gasteiger partial charge >= 0.3 is 0 Å². The molecule has 0 saturated carbocycles. The van der Waals surface area contributed by atoms with E-state index in [-0.39, 0.29) is 24.1 Å². The molecule has 0 aliphatic carbocycles. The van der Waals surface area contributed by atoms with Crippen molar-refractivity contribution in [3.8, 4) is 10.6 Å². The zero-order valence-corrected chi connectivity index (χ0v) is 15.3. The second-order valence-corrected chi connectivity index (χ2v) is 7.64. The average molecular weight is 389 g/mol. The van der Waals surface area contributed by atoms with E-state index < -0.39 is 0 Å². The van der Waals surface area contributed by atoms with E-state index in [1.165, 1.54) is 28.7 Å². The fourth-order valence-corrected chi connectivity index (χ4v) is 4.13. The predicted molar refractivity (Wildman–Crippen MR) is 98.3 cm³/mol. The summed E-state index contributed by atoms with van der Waals surface area (Å²) in [6.45, 7) is 0.536. The first kappa shape index (κ1) is 17.0. The number of thiophene rings is 1. The number of nitrogens with one attached hydrogen (secondary N) is 1. The van der Waals surface area contributed by atoms with Crippen molar-refractivity contribution in [3.63, 3.8) is 0 Å². The lowest BCUT2D eigenvalue weighted by molar-refractivity contribution is -0.117. The highest BCUT2D eigenvalue weighted by Crippen LogP contribution is 2.31. The van der Waals surface area contributed by atoms with Gasteiger partial charge in [0.1, 0.15) is 23.4 Å². The van der Waals surface area contributed by atoms with E-state index in [9.17, 15) is 9.59 Å². The van der Waals surface area contributed by atoms with E-state index in [1.54, 1.807) is 6.07 Å². The van der Waals surface area contributed by atoms with Crippen molar-refractivity contribution in [2.75, 3.05) is 11.9 Å². The zero-order valence-electron chi connectivity index (χ0n) is 13.6. The smallest absolute Gasteiger partial charge is 0.267 e. The Hall–Kier alpha value is -2.43. The fraction of sp³-hybridized carbons (Fsp3) is 0.312. The Labute approximate surface area is 156 Å². The maximum atomic E-state index is 12.3. The van der Waals surface area contributed by atoms with Crippen molar-refractivity contribution in [3.05, 3.63) is 45.0 Å². The summed E-state index contributed by atoms with van der Waals surface area (Å²) in [7, 11) is 0. The molecule has 4 rings (SSSR count). The molecule has 1 unspecified atom stereocenters. The average Bonchev–Trinajstić information content (AvgIpc) is 3.39. The molecule has 0 radical (unpaired) electrons. The first-order chi connectivity index (χ1) is 12.7. The first-order valence-electron chi connectivity index (χ1n) is 8.06. The van der Waals surface area contributed by atoms with Gasteiger partial charge in [-0.05, 0) is 30.4 Å².